The van der Waals surface area contributed by atoms with Crippen LogP contribution >= 0.6 is 27.5 Å². The number of epoxide rings is 1. The second kappa shape index (κ2) is 33.0. The number of ether oxygens (including phenoxy) is 8. The van der Waals surface area contributed by atoms with Gasteiger partial charge in [0.1, 0.15) is 53.9 Å². The Morgan fingerprint density at radius 2 is 1.68 bits per heavy atom. The van der Waals surface area contributed by atoms with Crippen LogP contribution in [0.15, 0.2) is 66.3 Å². The van der Waals surface area contributed by atoms with Crippen LogP contribution in [0.25, 0.3) is 0 Å². The average Bonchev–Trinajstić information content (AvgIpc) is 1.57. The lowest BCUT2D eigenvalue weighted by atomic mass is 9.83. The summed E-state index contributed by atoms with van der Waals surface area (Å²) in [6.07, 6.45) is 6.03. The summed E-state index contributed by atoms with van der Waals surface area (Å²) in [6, 6.07) is 6.56. The minimum Gasteiger partial charge on any atom is -0.495 e. The quantitative estimate of drug-likeness (QED) is 0.0291. The predicted molar refractivity (Wildman–Crippen MR) is 334 cm³/mol. The molecule has 0 spiro atoms. The molecule has 0 saturated carbocycles. The van der Waals surface area contributed by atoms with Gasteiger partial charge in [0.15, 0.2) is 11.5 Å². The third-order valence-electron chi connectivity index (χ3n) is 16.2. The molecule has 3 aliphatic heterocycles. The van der Waals surface area contributed by atoms with Gasteiger partial charge in [-0.05, 0) is 81.8 Å². The molecule has 6 rings (SSSR count). The van der Waals surface area contributed by atoms with Crippen molar-refractivity contribution in [3.05, 3.63) is 82.4 Å². The summed E-state index contributed by atoms with van der Waals surface area (Å²) in [5.41, 5.74) is -0.767. The maximum Gasteiger partial charge on any atom is 0.413 e. The SMILES string of the molecule is COc1cc2cc(c1Cl)N(C)C(=O)C[C@H](OC(=O)[C@H](C)N(C)C(=O)CCOC(=O)N(C)CCN(C)C(=O)OCc1ccc(OC(=O)NC3/C=C/CCCCC3)c(NC(=O)CCNC(=O)CBr)c1)[C@]1(C)O[C@H]1[C@H](C)[C@@H]1C[C@@](O)(NC(=O)O1)[C@H](OC)/C=C/C=C(\C)C2. The molecule has 494 valence electrons. The molecule has 1 unspecified atom stereocenters. The van der Waals surface area contributed by atoms with E-state index in [1.54, 1.807) is 44.2 Å². The Balaban J connectivity index is 1.03. The van der Waals surface area contributed by atoms with E-state index in [1.807, 2.05) is 25.2 Å². The second-order valence-corrected chi connectivity index (χ2v) is 23.9. The van der Waals surface area contributed by atoms with Crippen molar-refractivity contribution in [2.45, 2.75) is 146 Å². The molecule has 4 bridgehead atoms. The Hall–Kier alpha value is -7.46. The van der Waals surface area contributed by atoms with Gasteiger partial charge in [-0.25, -0.2) is 24.0 Å². The van der Waals surface area contributed by atoms with Crippen LogP contribution in [-0.2, 0) is 65.4 Å². The summed E-state index contributed by atoms with van der Waals surface area (Å²) in [4.78, 5) is 124. The zero-order valence-electron chi connectivity index (χ0n) is 52.6. The highest BCUT2D eigenvalue weighted by molar-refractivity contribution is 9.09. The molecule has 2 fully saturated rings. The lowest BCUT2D eigenvalue weighted by molar-refractivity contribution is -0.162. The number of alkyl halides is 1. The molecule has 28 heteroatoms. The molecule has 2 aromatic rings. The van der Waals surface area contributed by atoms with Crippen LogP contribution in [0.5, 0.6) is 11.5 Å². The third-order valence-corrected chi connectivity index (χ3v) is 17.1. The molecule has 90 heavy (non-hydrogen) atoms. The van der Waals surface area contributed by atoms with Crippen molar-refractivity contribution < 1.29 is 86.2 Å². The summed E-state index contributed by atoms with van der Waals surface area (Å²) in [5, 5.41) is 22.8. The van der Waals surface area contributed by atoms with Crippen molar-refractivity contribution >= 4 is 92.9 Å². The predicted octanol–water partition coefficient (Wildman–Crippen LogP) is 7.06. The molecule has 4 aliphatic rings. The zero-order chi connectivity index (χ0) is 66.0. The first kappa shape index (κ1) is 71.6. The smallest absolute Gasteiger partial charge is 0.413 e. The van der Waals surface area contributed by atoms with E-state index in [4.69, 9.17) is 49.5 Å². The van der Waals surface area contributed by atoms with Crippen LogP contribution in [0.1, 0.15) is 96.6 Å². The molecule has 3 heterocycles. The van der Waals surface area contributed by atoms with E-state index >= 15 is 0 Å². The van der Waals surface area contributed by atoms with Crippen LogP contribution in [-0.4, -0.2) is 196 Å². The number of esters is 1. The molecule has 0 aromatic heterocycles. The van der Waals surface area contributed by atoms with Crippen LogP contribution in [0.3, 0.4) is 0 Å². The van der Waals surface area contributed by atoms with E-state index in [0.29, 0.717) is 23.4 Å². The molecule has 2 aromatic carbocycles. The van der Waals surface area contributed by atoms with E-state index in [2.05, 4.69) is 37.2 Å². The fourth-order valence-corrected chi connectivity index (χ4v) is 11.0. The summed E-state index contributed by atoms with van der Waals surface area (Å²) in [6.45, 7) is 6.12. The van der Waals surface area contributed by atoms with Gasteiger partial charge in [-0.3, -0.25) is 24.5 Å². The summed E-state index contributed by atoms with van der Waals surface area (Å²) in [5.74, 6) is -3.08. The lowest BCUT2D eigenvalue weighted by Gasteiger charge is -2.42. The number of carbonyl (C=O) groups excluding carboxylic acids is 9. The molecule has 8 amide bonds. The minimum absolute atomic E-state index is 0.00193. The second-order valence-electron chi connectivity index (χ2n) is 23.0. The number of amides is 8. The van der Waals surface area contributed by atoms with Gasteiger partial charge < -0.3 is 78.6 Å². The van der Waals surface area contributed by atoms with Crippen LogP contribution in [0.2, 0.25) is 5.02 Å². The van der Waals surface area contributed by atoms with Gasteiger partial charge in [0.2, 0.25) is 23.6 Å². The summed E-state index contributed by atoms with van der Waals surface area (Å²) >= 11 is 9.89. The van der Waals surface area contributed by atoms with E-state index in [-0.39, 0.29) is 85.8 Å². The first-order valence-corrected chi connectivity index (χ1v) is 31.2. The largest absolute Gasteiger partial charge is 0.495 e. The normalized spacial score (nSPS) is 25.0. The highest BCUT2D eigenvalue weighted by Crippen LogP contribution is 2.49. The molecule has 9 atom stereocenters. The van der Waals surface area contributed by atoms with Gasteiger partial charge in [-0.15, -0.1) is 0 Å². The number of hydrogen-bond acceptors (Lipinski definition) is 18. The summed E-state index contributed by atoms with van der Waals surface area (Å²) < 4.78 is 46.0. The average molecular weight is 1340 g/mol. The number of likely N-dealkylation sites (N-methyl/N-ethyl adjacent to an activating group) is 3. The van der Waals surface area contributed by atoms with E-state index < -0.39 is 102 Å². The van der Waals surface area contributed by atoms with Crippen molar-refractivity contribution in [2.24, 2.45) is 5.92 Å². The summed E-state index contributed by atoms with van der Waals surface area (Å²) in [7, 11) is 8.63. The standard InChI is InChI=1S/C62H84BrClN8O18/c1-37-17-16-20-48(84-10)62(82)34-47(88-58(79)68-62)38(2)55-61(4,90-55)49(33-53(76)72(8)44-31-41(29-37)32-46(83-9)54(44)64)89-56(77)39(3)71(7)52(75)24-28-85-59(80)69(5)26-27-70(6)60(81)86-36-40-21-22-45(43(30-40)67-50(73)23-25-65-51(74)35-63)87-57(78)66-42-18-14-12-11-13-15-19-42/h14,16-18,20-22,30-32,38-39,42,47-49,55,82H,11-13,15,19,23-29,33-36H2,1-10H3,(H,65,74)(H,66,78)(H,67,73)(H,68,79)/b18-14+,20-16+,37-17+/t38-,39+,42?,47+,48-,49+,55+,61+,62+/m1/s1. The van der Waals surface area contributed by atoms with Crippen molar-refractivity contribution in [1.29, 1.82) is 0 Å². The number of aliphatic hydroxyl groups is 1. The van der Waals surface area contributed by atoms with Gasteiger partial charge in [-0.1, -0.05) is 89.3 Å². The molecule has 26 nitrogen and oxygen atoms in total. The highest BCUT2D eigenvalue weighted by atomic mass is 79.9. The first-order chi connectivity index (χ1) is 42.7. The first-order valence-electron chi connectivity index (χ1n) is 29.7. The van der Waals surface area contributed by atoms with Crippen LogP contribution in [0, 0.1) is 5.92 Å². The molecule has 2 saturated heterocycles. The number of halogens is 2. The van der Waals surface area contributed by atoms with Gasteiger partial charge >= 0.3 is 30.3 Å². The Labute approximate surface area is 537 Å². The number of hydrogen-bond donors (Lipinski definition) is 5. The number of carbonyl (C=O) groups is 9. The lowest BCUT2D eigenvalue weighted by Crippen LogP contribution is -2.63. The topological polar surface area (TPSA) is 312 Å². The maximum absolute atomic E-state index is 14.4. The number of nitrogens with zero attached hydrogens (tertiary/aromatic N) is 4. The fraction of sp³-hybridized carbons (Fsp3) is 0.565. The van der Waals surface area contributed by atoms with Crippen molar-refractivity contribution in [1.82, 2.24) is 30.7 Å². The number of benzene rings is 2. The van der Waals surface area contributed by atoms with Gasteiger partial charge in [0, 0.05) is 73.7 Å². The van der Waals surface area contributed by atoms with Gasteiger partial charge in [0.25, 0.3) is 0 Å². The zero-order valence-corrected chi connectivity index (χ0v) is 54.9. The molecule has 0 radical (unpaired) electrons. The van der Waals surface area contributed by atoms with Crippen LogP contribution in [0.4, 0.5) is 30.6 Å². The van der Waals surface area contributed by atoms with Gasteiger partial charge in [0.05, 0.1) is 48.8 Å². The number of nitrogens with one attached hydrogen (secondary N) is 4. The number of fused-ring (bicyclic) bond motifs is 5. The number of methoxy groups -OCH3 is 2. The van der Waals surface area contributed by atoms with Crippen molar-refractivity contribution in [3.63, 3.8) is 0 Å². The number of anilines is 2. The molecular formula is C62H84BrClN8O18. The minimum atomic E-state index is -1.91. The Kier molecular flexibility index (Phi) is 26.3. The van der Waals surface area contributed by atoms with Crippen LogP contribution < -0.4 is 35.6 Å². The number of rotatable bonds is 20. The molecule has 1 aliphatic carbocycles. The van der Waals surface area contributed by atoms with E-state index in [9.17, 15) is 48.3 Å². The Morgan fingerprint density at radius 3 is 2.38 bits per heavy atom. The van der Waals surface area contributed by atoms with Gasteiger partial charge in [-0.2, -0.15) is 0 Å². The van der Waals surface area contributed by atoms with E-state index in [0.717, 1.165) is 48.1 Å². The monoisotopic (exact) mass is 1340 g/mol. The van der Waals surface area contributed by atoms with Crippen molar-refractivity contribution in [2.75, 3.05) is 84.2 Å². The van der Waals surface area contributed by atoms with Crippen molar-refractivity contribution in [3.8, 4) is 11.5 Å². The molecule has 5 N–H and O–H groups in total. The number of alkyl carbamates (subject to hydrolysis) is 1. The maximum atomic E-state index is 14.4. The molecular weight excluding hydrogens is 1260 g/mol. The fourth-order valence-electron chi connectivity index (χ4n) is 10.5. The Bertz CT molecular complexity index is 3040. The van der Waals surface area contributed by atoms with E-state index in [1.165, 1.54) is 76.2 Å². The third kappa shape index (κ3) is 19.8. The highest BCUT2D eigenvalue weighted by Gasteiger charge is 2.64. The Morgan fingerprint density at radius 1 is 0.956 bits per heavy atom. The number of allylic oxidation sites excluding steroid dienone is 4.